The van der Waals surface area contributed by atoms with Gasteiger partial charge in [0, 0.05) is 18.9 Å². The van der Waals surface area contributed by atoms with Crippen molar-refractivity contribution < 1.29 is 9.53 Å². The van der Waals surface area contributed by atoms with Crippen molar-refractivity contribution in [2.24, 2.45) is 5.92 Å². The molecule has 1 amide bonds. The first-order valence-electron chi connectivity index (χ1n) is 6.08. The van der Waals surface area contributed by atoms with Crippen LogP contribution in [0.1, 0.15) is 32.6 Å². The largest absolute Gasteiger partial charge is 0.384 e. The van der Waals surface area contributed by atoms with Crippen LogP contribution in [0.2, 0.25) is 0 Å². The fraction of sp³-hybridized carbons (Fsp3) is 0.917. The molecule has 0 aromatic rings. The van der Waals surface area contributed by atoms with Crippen LogP contribution >= 0.6 is 11.8 Å². The summed E-state index contributed by atoms with van der Waals surface area (Å²) in [4.78, 5) is 11.6. The third kappa shape index (κ3) is 5.75. The minimum Gasteiger partial charge on any atom is -0.384 e. The van der Waals surface area contributed by atoms with Crippen LogP contribution < -0.4 is 5.32 Å². The number of amides is 1. The number of carbonyl (C=O) groups is 1. The maximum atomic E-state index is 11.6. The summed E-state index contributed by atoms with van der Waals surface area (Å²) >= 11 is 1.64. The first kappa shape index (κ1) is 13.8. The molecule has 0 heterocycles. The van der Waals surface area contributed by atoms with E-state index in [2.05, 4.69) is 12.2 Å². The summed E-state index contributed by atoms with van der Waals surface area (Å²) in [6.07, 6.45) is 4.80. The van der Waals surface area contributed by atoms with E-state index in [0.717, 1.165) is 31.1 Å². The Labute approximate surface area is 103 Å². The second-order valence-electron chi connectivity index (χ2n) is 4.57. The molecule has 0 atom stereocenters. The van der Waals surface area contributed by atoms with Crippen molar-refractivity contribution in [1.29, 1.82) is 0 Å². The maximum Gasteiger partial charge on any atom is 0.230 e. The highest BCUT2D eigenvalue weighted by atomic mass is 32.2. The van der Waals surface area contributed by atoms with Gasteiger partial charge < -0.3 is 10.1 Å². The number of nitrogens with one attached hydrogen (secondary N) is 1. The molecule has 0 spiro atoms. The third-order valence-corrected chi connectivity index (χ3v) is 3.97. The summed E-state index contributed by atoms with van der Waals surface area (Å²) in [5, 5.41) is 3.12. The molecule has 3 nitrogen and oxygen atoms in total. The Morgan fingerprint density at radius 3 is 2.69 bits per heavy atom. The highest BCUT2D eigenvalue weighted by Gasteiger charge is 2.19. The summed E-state index contributed by atoms with van der Waals surface area (Å²) in [7, 11) is 1.68. The lowest BCUT2D eigenvalue weighted by atomic mass is 9.87. The average molecular weight is 245 g/mol. The lowest BCUT2D eigenvalue weighted by molar-refractivity contribution is -0.119. The number of ether oxygens (including phenoxy) is 1. The number of carbonyl (C=O) groups excluding carboxylic acids is 1. The van der Waals surface area contributed by atoms with Gasteiger partial charge in [0.05, 0.1) is 12.4 Å². The molecule has 16 heavy (non-hydrogen) atoms. The zero-order chi connectivity index (χ0) is 11.8. The minimum atomic E-state index is 0.181. The number of hydrogen-bond donors (Lipinski definition) is 1. The van der Waals surface area contributed by atoms with Gasteiger partial charge in [0.1, 0.15) is 0 Å². The molecule has 0 bridgehead atoms. The van der Waals surface area contributed by atoms with E-state index in [-0.39, 0.29) is 5.91 Å². The van der Waals surface area contributed by atoms with Crippen LogP contribution in [0.5, 0.6) is 0 Å². The van der Waals surface area contributed by atoms with E-state index < -0.39 is 0 Å². The molecule has 94 valence electrons. The first-order valence-corrected chi connectivity index (χ1v) is 7.24. The quantitative estimate of drug-likeness (QED) is 0.728. The predicted molar refractivity (Wildman–Crippen MR) is 68.8 cm³/mol. The molecule has 1 rings (SSSR count). The Morgan fingerprint density at radius 1 is 1.38 bits per heavy atom. The van der Waals surface area contributed by atoms with Gasteiger partial charge in [-0.3, -0.25) is 4.79 Å². The molecule has 1 aliphatic carbocycles. The predicted octanol–water partition coefficient (Wildman–Crippen LogP) is 2.06. The Hall–Kier alpha value is -0.220. The molecule has 0 aromatic heterocycles. The molecular formula is C12H23NO2S. The van der Waals surface area contributed by atoms with Gasteiger partial charge >= 0.3 is 0 Å². The maximum absolute atomic E-state index is 11.6. The Kier molecular flexibility index (Phi) is 6.88. The fourth-order valence-corrected chi connectivity index (χ4v) is 2.68. The highest BCUT2D eigenvalue weighted by molar-refractivity contribution is 7.99. The van der Waals surface area contributed by atoms with E-state index >= 15 is 0 Å². The van der Waals surface area contributed by atoms with Gasteiger partial charge in [-0.15, -0.1) is 11.8 Å². The van der Waals surface area contributed by atoms with Gasteiger partial charge in [0.25, 0.3) is 0 Å². The van der Waals surface area contributed by atoms with Gasteiger partial charge in [-0.1, -0.05) is 6.92 Å². The number of methoxy groups -OCH3 is 1. The van der Waals surface area contributed by atoms with Crippen molar-refractivity contribution in [3.05, 3.63) is 0 Å². The normalized spacial score (nSPS) is 25.4. The summed E-state index contributed by atoms with van der Waals surface area (Å²) in [5.41, 5.74) is 0. The number of thioether (sulfide) groups is 1. The Balaban J connectivity index is 2.05. The molecule has 0 unspecified atom stereocenters. The van der Waals surface area contributed by atoms with Crippen molar-refractivity contribution in [3.63, 3.8) is 0 Å². The van der Waals surface area contributed by atoms with Gasteiger partial charge in [0.15, 0.2) is 0 Å². The monoisotopic (exact) mass is 245 g/mol. The molecule has 0 radical (unpaired) electrons. The third-order valence-electron chi connectivity index (χ3n) is 3.05. The SMILES string of the molecule is COCCSCC(=O)NC1CCC(C)CC1. The van der Waals surface area contributed by atoms with Crippen molar-refractivity contribution >= 4 is 17.7 Å². The molecule has 0 saturated heterocycles. The van der Waals surface area contributed by atoms with Crippen LogP contribution in [0.15, 0.2) is 0 Å². The van der Waals surface area contributed by atoms with Crippen LogP contribution in [-0.2, 0) is 9.53 Å². The molecule has 1 aliphatic rings. The molecule has 1 fully saturated rings. The summed E-state index contributed by atoms with van der Waals surface area (Å²) < 4.78 is 4.93. The van der Waals surface area contributed by atoms with Crippen molar-refractivity contribution in [3.8, 4) is 0 Å². The van der Waals surface area contributed by atoms with Crippen LogP contribution in [-0.4, -0.2) is 37.2 Å². The summed E-state index contributed by atoms with van der Waals surface area (Å²) in [6, 6.07) is 0.423. The average Bonchev–Trinajstić information content (AvgIpc) is 2.28. The van der Waals surface area contributed by atoms with Crippen molar-refractivity contribution in [1.82, 2.24) is 5.32 Å². The van der Waals surface area contributed by atoms with Crippen LogP contribution in [0.4, 0.5) is 0 Å². The lowest BCUT2D eigenvalue weighted by Gasteiger charge is -2.26. The molecular weight excluding hydrogens is 222 g/mol. The van der Waals surface area contributed by atoms with Gasteiger partial charge in [0.2, 0.25) is 5.91 Å². The molecule has 0 aromatic carbocycles. The Bertz CT molecular complexity index is 203. The lowest BCUT2D eigenvalue weighted by Crippen LogP contribution is -2.38. The molecule has 4 heteroatoms. The standard InChI is InChI=1S/C12H23NO2S/c1-10-3-5-11(6-4-10)13-12(14)9-16-8-7-15-2/h10-11H,3-9H2,1-2H3,(H,13,14). The zero-order valence-electron chi connectivity index (χ0n) is 10.3. The molecule has 1 saturated carbocycles. The van der Waals surface area contributed by atoms with Gasteiger partial charge in [-0.2, -0.15) is 0 Å². The van der Waals surface area contributed by atoms with E-state index in [9.17, 15) is 4.79 Å². The topological polar surface area (TPSA) is 38.3 Å². The van der Waals surface area contributed by atoms with Gasteiger partial charge in [-0.25, -0.2) is 0 Å². The highest BCUT2D eigenvalue weighted by Crippen LogP contribution is 2.23. The van der Waals surface area contributed by atoms with E-state index in [0.29, 0.717) is 11.8 Å². The van der Waals surface area contributed by atoms with Gasteiger partial charge in [-0.05, 0) is 31.6 Å². The van der Waals surface area contributed by atoms with Crippen LogP contribution in [0.3, 0.4) is 0 Å². The van der Waals surface area contributed by atoms with Crippen LogP contribution in [0.25, 0.3) is 0 Å². The van der Waals surface area contributed by atoms with Crippen LogP contribution in [0, 0.1) is 5.92 Å². The van der Waals surface area contributed by atoms with E-state index in [1.165, 1.54) is 12.8 Å². The molecule has 1 N–H and O–H groups in total. The molecule has 0 aliphatic heterocycles. The zero-order valence-corrected chi connectivity index (χ0v) is 11.1. The smallest absolute Gasteiger partial charge is 0.230 e. The first-order chi connectivity index (χ1) is 7.72. The van der Waals surface area contributed by atoms with E-state index in [4.69, 9.17) is 4.74 Å². The summed E-state index contributed by atoms with van der Waals surface area (Å²) in [6.45, 7) is 3.01. The number of rotatable bonds is 6. The Morgan fingerprint density at radius 2 is 2.06 bits per heavy atom. The summed E-state index contributed by atoms with van der Waals surface area (Å²) in [5.74, 6) is 2.48. The van der Waals surface area contributed by atoms with Crippen molar-refractivity contribution in [2.75, 3.05) is 25.2 Å². The fourth-order valence-electron chi connectivity index (χ4n) is 1.98. The second-order valence-corrected chi connectivity index (χ2v) is 5.67. The van der Waals surface area contributed by atoms with E-state index in [1.807, 2.05) is 0 Å². The van der Waals surface area contributed by atoms with E-state index in [1.54, 1.807) is 18.9 Å². The number of hydrogen-bond acceptors (Lipinski definition) is 3. The minimum absolute atomic E-state index is 0.181. The van der Waals surface area contributed by atoms with Crippen molar-refractivity contribution in [2.45, 2.75) is 38.6 Å². The second kappa shape index (κ2) is 7.96.